The van der Waals surface area contributed by atoms with E-state index in [9.17, 15) is 4.79 Å². The number of hydrogen-bond donors (Lipinski definition) is 1. The molecule has 0 aliphatic heterocycles. The van der Waals surface area contributed by atoms with Crippen molar-refractivity contribution in [2.75, 3.05) is 0 Å². The molecule has 1 N–H and O–H groups in total. The average Bonchev–Trinajstić information content (AvgIpc) is 3.02. The van der Waals surface area contributed by atoms with Crippen LogP contribution >= 0.6 is 11.3 Å². The minimum absolute atomic E-state index is 0.0483. The molecule has 0 unspecified atom stereocenters. The number of nitrogens with zero attached hydrogens (tertiary/aromatic N) is 2. The summed E-state index contributed by atoms with van der Waals surface area (Å²) in [5, 5.41) is 4.15. The van der Waals surface area contributed by atoms with Crippen LogP contribution in [0, 0.1) is 0 Å². The first-order chi connectivity index (χ1) is 10.2. The van der Waals surface area contributed by atoms with Gasteiger partial charge < -0.3 is 9.88 Å². The molecule has 5 heteroatoms. The number of thiophene rings is 1. The van der Waals surface area contributed by atoms with Crippen molar-refractivity contribution >= 4 is 28.3 Å². The lowest BCUT2D eigenvalue weighted by atomic mass is 10.1. The van der Waals surface area contributed by atoms with Gasteiger partial charge in [-0.3, -0.25) is 4.79 Å². The summed E-state index contributed by atoms with van der Waals surface area (Å²) in [6, 6.07) is 8.41. The van der Waals surface area contributed by atoms with Crippen LogP contribution in [-0.4, -0.2) is 21.5 Å². The van der Waals surface area contributed by atoms with Gasteiger partial charge in [-0.05, 0) is 37.1 Å². The number of fused-ring (bicyclic) bond motifs is 1. The van der Waals surface area contributed by atoms with Gasteiger partial charge in [-0.15, -0.1) is 11.3 Å². The van der Waals surface area contributed by atoms with Crippen LogP contribution in [-0.2, 0) is 7.05 Å². The number of nitrogens with one attached hydrogen (secondary N) is 1. The van der Waals surface area contributed by atoms with Gasteiger partial charge in [0.15, 0.2) is 0 Å². The highest BCUT2D eigenvalue weighted by Gasteiger charge is 2.24. The van der Waals surface area contributed by atoms with E-state index in [0.29, 0.717) is 6.04 Å². The topological polar surface area (TPSA) is 46.9 Å². The Labute approximate surface area is 126 Å². The molecular weight excluding hydrogens is 282 g/mol. The third-order valence-corrected chi connectivity index (χ3v) is 4.89. The molecular formula is C16H15N3OS. The molecule has 3 heterocycles. The van der Waals surface area contributed by atoms with Gasteiger partial charge in [0.2, 0.25) is 0 Å². The molecule has 0 spiro atoms. The van der Waals surface area contributed by atoms with Crippen molar-refractivity contribution in [1.29, 1.82) is 0 Å². The Morgan fingerprint density at radius 3 is 3.00 bits per heavy atom. The van der Waals surface area contributed by atoms with Crippen molar-refractivity contribution in [1.82, 2.24) is 14.9 Å². The van der Waals surface area contributed by atoms with E-state index in [1.165, 1.54) is 11.3 Å². The first-order valence-electron chi connectivity index (χ1n) is 7.03. The van der Waals surface area contributed by atoms with E-state index in [1.54, 1.807) is 0 Å². The van der Waals surface area contributed by atoms with Crippen molar-refractivity contribution in [2.45, 2.75) is 18.9 Å². The molecule has 0 aromatic carbocycles. The Kier molecular flexibility index (Phi) is 2.82. The van der Waals surface area contributed by atoms with Crippen molar-refractivity contribution in [3.8, 4) is 10.4 Å². The number of hydrogen-bond acceptors (Lipinski definition) is 3. The molecule has 4 nitrogen and oxygen atoms in total. The molecule has 0 atom stereocenters. The molecule has 1 aliphatic rings. The minimum Gasteiger partial charge on any atom is -0.349 e. The number of amides is 1. The van der Waals surface area contributed by atoms with Gasteiger partial charge in [-0.1, -0.05) is 0 Å². The van der Waals surface area contributed by atoms with Crippen LogP contribution in [0.1, 0.15) is 22.5 Å². The number of aromatic nitrogens is 2. The van der Waals surface area contributed by atoms with E-state index in [2.05, 4.69) is 16.4 Å². The first kappa shape index (κ1) is 12.6. The summed E-state index contributed by atoms with van der Waals surface area (Å²) in [5.74, 6) is 0.0483. The van der Waals surface area contributed by atoms with Gasteiger partial charge in [0, 0.05) is 41.3 Å². The van der Waals surface area contributed by atoms with Crippen molar-refractivity contribution in [3.05, 3.63) is 41.5 Å². The molecule has 4 rings (SSSR count). The lowest BCUT2D eigenvalue weighted by Gasteiger charge is -2.01. The second-order valence-corrected chi connectivity index (χ2v) is 6.52. The standard InChI is InChI=1S/C16H15N3OS/c1-19-9-7-12-11(6-8-17-15(12)19)13-4-5-14(21-13)16(20)18-10-2-3-10/h4-10H,2-3H2,1H3,(H,18,20). The van der Waals surface area contributed by atoms with Gasteiger partial charge >= 0.3 is 0 Å². The van der Waals surface area contributed by atoms with Gasteiger partial charge in [0.25, 0.3) is 5.91 Å². The lowest BCUT2D eigenvalue weighted by molar-refractivity contribution is 0.0955. The van der Waals surface area contributed by atoms with E-state index in [-0.39, 0.29) is 5.91 Å². The molecule has 106 valence electrons. The molecule has 21 heavy (non-hydrogen) atoms. The zero-order valence-corrected chi connectivity index (χ0v) is 12.5. The van der Waals surface area contributed by atoms with Crippen LogP contribution in [0.25, 0.3) is 21.5 Å². The smallest absolute Gasteiger partial charge is 0.261 e. The molecule has 1 aliphatic carbocycles. The summed E-state index contributed by atoms with van der Waals surface area (Å²) < 4.78 is 2.01. The van der Waals surface area contributed by atoms with E-state index < -0.39 is 0 Å². The third kappa shape index (κ3) is 2.23. The van der Waals surface area contributed by atoms with E-state index in [0.717, 1.165) is 39.2 Å². The fourth-order valence-corrected chi connectivity index (χ4v) is 3.42. The van der Waals surface area contributed by atoms with Gasteiger partial charge in [0.1, 0.15) is 5.65 Å². The number of rotatable bonds is 3. The summed E-state index contributed by atoms with van der Waals surface area (Å²) in [5.41, 5.74) is 2.10. The van der Waals surface area contributed by atoms with Gasteiger partial charge in [0.05, 0.1) is 4.88 Å². The second kappa shape index (κ2) is 4.70. The Morgan fingerprint density at radius 1 is 1.33 bits per heavy atom. The second-order valence-electron chi connectivity index (χ2n) is 5.43. The van der Waals surface area contributed by atoms with E-state index in [4.69, 9.17) is 0 Å². The normalized spacial score (nSPS) is 14.5. The van der Waals surface area contributed by atoms with Crippen LogP contribution in [0.5, 0.6) is 0 Å². The predicted octanol–water partition coefficient (Wildman–Crippen LogP) is 3.19. The molecule has 3 aromatic rings. The molecule has 3 aromatic heterocycles. The Hall–Kier alpha value is -2.14. The summed E-state index contributed by atoms with van der Waals surface area (Å²) in [6.45, 7) is 0. The summed E-state index contributed by atoms with van der Waals surface area (Å²) >= 11 is 1.54. The minimum atomic E-state index is 0.0483. The Balaban J connectivity index is 1.72. The van der Waals surface area contributed by atoms with Crippen molar-refractivity contribution < 1.29 is 4.79 Å². The van der Waals surface area contributed by atoms with Crippen molar-refractivity contribution in [3.63, 3.8) is 0 Å². The maximum Gasteiger partial charge on any atom is 0.261 e. The van der Waals surface area contributed by atoms with Crippen LogP contribution in [0.2, 0.25) is 0 Å². The molecule has 0 saturated heterocycles. The molecule has 0 bridgehead atoms. The largest absolute Gasteiger partial charge is 0.349 e. The predicted molar refractivity (Wildman–Crippen MR) is 84.5 cm³/mol. The molecule has 0 radical (unpaired) electrons. The molecule has 1 fully saturated rings. The van der Waals surface area contributed by atoms with Gasteiger partial charge in [-0.25, -0.2) is 4.98 Å². The van der Waals surface area contributed by atoms with Crippen molar-refractivity contribution in [2.24, 2.45) is 7.05 Å². The first-order valence-corrected chi connectivity index (χ1v) is 7.85. The molecule has 1 amide bonds. The Bertz CT molecular complexity index is 829. The third-order valence-electron chi connectivity index (χ3n) is 3.78. The van der Waals surface area contributed by atoms with Crippen LogP contribution in [0.15, 0.2) is 36.7 Å². The lowest BCUT2D eigenvalue weighted by Crippen LogP contribution is -2.24. The average molecular weight is 297 g/mol. The highest BCUT2D eigenvalue weighted by atomic mass is 32.1. The van der Waals surface area contributed by atoms with Crippen LogP contribution < -0.4 is 5.32 Å². The maximum atomic E-state index is 12.1. The monoisotopic (exact) mass is 297 g/mol. The van der Waals surface area contributed by atoms with Crippen LogP contribution in [0.3, 0.4) is 0 Å². The fraction of sp³-hybridized carbons (Fsp3) is 0.250. The SMILES string of the molecule is Cn1ccc2c(-c3ccc(C(=O)NC4CC4)s3)ccnc21. The van der Waals surface area contributed by atoms with E-state index in [1.807, 2.05) is 42.2 Å². The zero-order valence-electron chi connectivity index (χ0n) is 11.7. The van der Waals surface area contributed by atoms with Crippen LogP contribution in [0.4, 0.5) is 0 Å². The number of pyridine rings is 1. The summed E-state index contributed by atoms with van der Waals surface area (Å²) in [6.07, 6.45) is 6.05. The Morgan fingerprint density at radius 2 is 2.19 bits per heavy atom. The molecule has 1 saturated carbocycles. The number of carbonyl (C=O) groups is 1. The van der Waals surface area contributed by atoms with Gasteiger partial charge in [-0.2, -0.15) is 0 Å². The highest BCUT2D eigenvalue weighted by Crippen LogP contribution is 2.33. The zero-order chi connectivity index (χ0) is 14.4. The number of aryl methyl sites for hydroxylation is 1. The fourth-order valence-electron chi connectivity index (χ4n) is 2.47. The quantitative estimate of drug-likeness (QED) is 0.807. The maximum absolute atomic E-state index is 12.1. The van der Waals surface area contributed by atoms with E-state index >= 15 is 0 Å². The highest BCUT2D eigenvalue weighted by molar-refractivity contribution is 7.17. The summed E-state index contributed by atoms with van der Waals surface area (Å²) in [7, 11) is 1.99. The number of carbonyl (C=O) groups excluding carboxylic acids is 1. The summed E-state index contributed by atoms with van der Waals surface area (Å²) in [4.78, 5) is 18.4.